The van der Waals surface area contributed by atoms with Gasteiger partial charge in [-0.2, -0.15) is 13.2 Å². The highest BCUT2D eigenvalue weighted by Gasteiger charge is 2.44. The normalized spacial score (nSPS) is 27.3. The fraction of sp³-hybridized carbons (Fsp3) is 0.429. The number of hydrogen-bond donors (Lipinski definition) is 1. The van der Waals surface area contributed by atoms with Gasteiger partial charge in [0.05, 0.1) is 11.0 Å². The molecule has 78 valence electrons. The van der Waals surface area contributed by atoms with Crippen LogP contribution in [0.2, 0.25) is 0 Å². The third-order valence-electron chi connectivity index (χ3n) is 1.77. The smallest absolute Gasteiger partial charge is 0.388 e. The summed E-state index contributed by atoms with van der Waals surface area (Å²) < 4.78 is 36.5. The van der Waals surface area contributed by atoms with Crippen molar-refractivity contribution in [3.63, 3.8) is 0 Å². The first-order chi connectivity index (χ1) is 6.32. The molecule has 0 spiro atoms. The summed E-state index contributed by atoms with van der Waals surface area (Å²) in [5.74, 6) is -2.20. The molecule has 0 bridgehead atoms. The van der Waals surface area contributed by atoms with E-state index in [9.17, 15) is 23.3 Å². The minimum Gasteiger partial charge on any atom is -0.388 e. The summed E-state index contributed by atoms with van der Waals surface area (Å²) in [6, 6.07) is 0. The van der Waals surface area contributed by atoms with E-state index in [0.29, 0.717) is 6.08 Å². The molecule has 0 amide bonds. The lowest BCUT2D eigenvalue weighted by atomic mass is 9.96. The van der Waals surface area contributed by atoms with E-state index in [1.54, 1.807) is 0 Å². The molecule has 4 nitrogen and oxygen atoms in total. The van der Waals surface area contributed by atoms with Crippen molar-refractivity contribution in [1.82, 2.24) is 0 Å². The molecule has 0 aromatic carbocycles. The van der Waals surface area contributed by atoms with Gasteiger partial charge in [-0.3, -0.25) is 10.1 Å². The zero-order chi connectivity index (χ0) is 10.9. The maximum absolute atomic E-state index is 12.2. The third kappa shape index (κ3) is 2.11. The van der Waals surface area contributed by atoms with Crippen LogP contribution in [0.3, 0.4) is 0 Å². The number of nitro groups is 1. The van der Waals surface area contributed by atoms with Crippen molar-refractivity contribution in [2.24, 2.45) is 5.92 Å². The van der Waals surface area contributed by atoms with Crippen molar-refractivity contribution in [3.05, 3.63) is 34.0 Å². The molecule has 0 saturated heterocycles. The van der Waals surface area contributed by atoms with Gasteiger partial charge in [-0.25, -0.2) is 0 Å². The highest BCUT2D eigenvalue weighted by atomic mass is 19.4. The molecule has 0 fully saturated rings. The van der Waals surface area contributed by atoms with Crippen molar-refractivity contribution in [2.75, 3.05) is 0 Å². The van der Waals surface area contributed by atoms with Gasteiger partial charge < -0.3 is 5.11 Å². The number of halogens is 3. The predicted molar refractivity (Wildman–Crippen MR) is 39.8 cm³/mol. The number of rotatable bonds is 1. The summed E-state index contributed by atoms with van der Waals surface area (Å²) in [6.45, 7) is 0. The Morgan fingerprint density at radius 3 is 2.50 bits per heavy atom. The first-order valence-corrected chi connectivity index (χ1v) is 3.61. The molecule has 0 aromatic rings. The molecule has 2 atom stereocenters. The molecule has 0 aliphatic heterocycles. The Morgan fingerprint density at radius 2 is 2.07 bits per heavy atom. The van der Waals surface area contributed by atoms with Gasteiger partial charge in [0, 0.05) is 12.2 Å². The van der Waals surface area contributed by atoms with Crippen LogP contribution in [-0.2, 0) is 0 Å². The topological polar surface area (TPSA) is 63.4 Å². The van der Waals surface area contributed by atoms with Crippen LogP contribution in [0.25, 0.3) is 0 Å². The van der Waals surface area contributed by atoms with Crippen LogP contribution in [0, 0.1) is 16.0 Å². The summed E-state index contributed by atoms with van der Waals surface area (Å²) in [5.41, 5.74) is -0.655. The molecule has 1 N–H and O–H groups in total. The van der Waals surface area contributed by atoms with E-state index >= 15 is 0 Å². The minimum absolute atomic E-state index is 0.407. The molecule has 1 aliphatic rings. The van der Waals surface area contributed by atoms with Gasteiger partial charge in [0.1, 0.15) is 5.92 Å². The molecule has 2 unspecified atom stereocenters. The lowest BCUT2D eigenvalue weighted by Gasteiger charge is -2.21. The summed E-state index contributed by atoms with van der Waals surface area (Å²) in [6.07, 6.45) is -4.40. The van der Waals surface area contributed by atoms with Crippen molar-refractivity contribution < 1.29 is 23.2 Å². The molecule has 14 heavy (non-hydrogen) atoms. The maximum Gasteiger partial charge on any atom is 0.398 e. The van der Waals surface area contributed by atoms with Gasteiger partial charge in [-0.05, 0) is 6.08 Å². The van der Waals surface area contributed by atoms with E-state index in [1.807, 2.05) is 0 Å². The highest BCUT2D eigenvalue weighted by Crippen LogP contribution is 2.33. The largest absolute Gasteiger partial charge is 0.398 e. The average Bonchev–Trinajstić information content (AvgIpc) is 2.02. The number of aliphatic hydroxyl groups is 1. The van der Waals surface area contributed by atoms with Crippen LogP contribution in [0.5, 0.6) is 0 Å². The van der Waals surface area contributed by atoms with Crippen molar-refractivity contribution in [2.45, 2.75) is 12.3 Å². The predicted octanol–water partition coefficient (Wildman–Crippen LogP) is 1.26. The highest BCUT2D eigenvalue weighted by molar-refractivity contribution is 5.21. The number of nitrogens with zero attached hydrogens (tertiary/aromatic N) is 1. The van der Waals surface area contributed by atoms with Crippen LogP contribution in [0.1, 0.15) is 0 Å². The van der Waals surface area contributed by atoms with Crippen molar-refractivity contribution in [3.8, 4) is 0 Å². The maximum atomic E-state index is 12.2. The monoisotopic (exact) mass is 209 g/mol. The van der Waals surface area contributed by atoms with E-state index in [1.165, 1.54) is 0 Å². The lowest BCUT2D eigenvalue weighted by Crippen LogP contribution is -2.33. The van der Waals surface area contributed by atoms with Crippen LogP contribution in [0.4, 0.5) is 13.2 Å². The summed E-state index contributed by atoms with van der Waals surface area (Å²) in [5, 5.41) is 19.1. The first-order valence-electron chi connectivity index (χ1n) is 3.61. The summed E-state index contributed by atoms with van der Waals surface area (Å²) >= 11 is 0. The molecule has 7 heteroatoms. The Hall–Kier alpha value is -1.37. The standard InChI is InChI=1S/C7H6F3NO3/c8-7(9,10)5-3-4(11(13)14)1-2-6(5)12/h1-3,5-6,12H. The third-order valence-corrected chi connectivity index (χ3v) is 1.77. The lowest BCUT2D eigenvalue weighted by molar-refractivity contribution is -0.420. The number of aliphatic hydroxyl groups excluding tert-OH is 1. The Balaban J connectivity index is 2.97. The Kier molecular flexibility index (Phi) is 2.61. The SMILES string of the molecule is O=[N+]([O-])C1=CC(C(F)(F)F)C(O)C=C1. The van der Waals surface area contributed by atoms with Crippen molar-refractivity contribution >= 4 is 0 Å². The van der Waals surface area contributed by atoms with Gasteiger partial charge in [0.25, 0.3) is 5.70 Å². The zero-order valence-corrected chi connectivity index (χ0v) is 6.73. The Bertz CT molecular complexity index is 308. The van der Waals surface area contributed by atoms with Crippen LogP contribution in [0.15, 0.2) is 23.9 Å². The van der Waals surface area contributed by atoms with Crippen LogP contribution >= 0.6 is 0 Å². The van der Waals surface area contributed by atoms with Gasteiger partial charge in [-0.15, -0.1) is 0 Å². The molecule has 0 heterocycles. The molecule has 1 rings (SSSR count). The molecular weight excluding hydrogens is 203 g/mol. The second-order valence-corrected chi connectivity index (χ2v) is 2.77. The molecule has 0 radical (unpaired) electrons. The second-order valence-electron chi connectivity index (χ2n) is 2.77. The quantitative estimate of drug-likeness (QED) is 0.522. The van der Waals surface area contributed by atoms with E-state index < -0.39 is 28.8 Å². The van der Waals surface area contributed by atoms with Crippen LogP contribution < -0.4 is 0 Å². The van der Waals surface area contributed by atoms with Crippen LogP contribution in [-0.4, -0.2) is 22.3 Å². The van der Waals surface area contributed by atoms with Gasteiger partial charge in [0.2, 0.25) is 0 Å². The van der Waals surface area contributed by atoms with E-state index in [-0.39, 0.29) is 0 Å². The number of allylic oxidation sites excluding steroid dienone is 1. The van der Waals surface area contributed by atoms with Gasteiger partial charge in [-0.1, -0.05) is 0 Å². The number of alkyl halides is 3. The summed E-state index contributed by atoms with van der Waals surface area (Å²) in [4.78, 5) is 9.24. The fourth-order valence-electron chi connectivity index (χ4n) is 1.06. The van der Waals surface area contributed by atoms with Crippen molar-refractivity contribution in [1.29, 1.82) is 0 Å². The second kappa shape index (κ2) is 3.41. The summed E-state index contributed by atoms with van der Waals surface area (Å²) in [7, 11) is 0. The zero-order valence-electron chi connectivity index (χ0n) is 6.73. The Morgan fingerprint density at radius 1 is 1.50 bits per heavy atom. The average molecular weight is 209 g/mol. The fourth-order valence-corrected chi connectivity index (χ4v) is 1.06. The Labute approximate surface area is 76.5 Å². The molecular formula is C7H6F3NO3. The van der Waals surface area contributed by atoms with E-state index in [0.717, 1.165) is 12.2 Å². The minimum atomic E-state index is -4.68. The molecule has 1 aliphatic carbocycles. The number of hydrogen-bond acceptors (Lipinski definition) is 3. The van der Waals surface area contributed by atoms with E-state index in [4.69, 9.17) is 5.11 Å². The van der Waals surface area contributed by atoms with E-state index in [2.05, 4.69) is 0 Å². The van der Waals surface area contributed by atoms with Gasteiger partial charge >= 0.3 is 6.18 Å². The van der Waals surface area contributed by atoms with Gasteiger partial charge in [0.15, 0.2) is 0 Å². The first kappa shape index (κ1) is 10.7. The molecule has 0 saturated carbocycles. The molecule has 0 aromatic heterocycles.